The van der Waals surface area contributed by atoms with Gasteiger partial charge in [-0.3, -0.25) is 4.79 Å². The molecule has 1 N–H and O–H groups in total. The van der Waals surface area contributed by atoms with Gasteiger partial charge in [0.05, 0.1) is 0 Å². The molecule has 1 aliphatic rings. The summed E-state index contributed by atoms with van der Waals surface area (Å²) in [4.78, 5) is 12.9. The lowest BCUT2D eigenvalue weighted by atomic mass is 10.1. The van der Waals surface area contributed by atoms with E-state index in [1.807, 2.05) is 0 Å². The van der Waals surface area contributed by atoms with Crippen molar-refractivity contribution >= 4 is 5.91 Å². The number of carbonyl (C=O) groups excluding carboxylic acids is 1. The SMILES string of the molecule is CN1CCC(NC(=O)C#N)CC1. The molecule has 66 valence electrons. The zero-order valence-corrected chi connectivity index (χ0v) is 7.21. The van der Waals surface area contributed by atoms with Crippen LogP contribution >= 0.6 is 0 Å². The summed E-state index contributed by atoms with van der Waals surface area (Å²) in [6, 6.07) is 1.76. The minimum atomic E-state index is -0.510. The number of likely N-dealkylation sites (tertiary alicyclic amines) is 1. The molecule has 0 bridgehead atoms. The number of nitrogens with zero attached hydrogens (tertiary/aromatic N) is 2. The van der Waals surface area contributed by atoms with Crippen LogP contribution in [-0.2, 0) is 4.79 Å². The van der Waals surface area contributed by atoms with Crippen molar-refractivity contribution in [1.82, 2.24) is 10.2 Å². The van der Waals surface area contributed by atoms with Crippen molar-refractivity contribution in [3.63, 3.8) is 0 Å². The highest BCUT2D eigenvalue weighted by atomic mass is 16.1. The Morgan fingerprint density at radius 2 is 2.17 bits per heavy atom. The fraction of sp³-hybridized carbons (Fsp3) is 0.750. The Morgan fingerprint density at radius 1 is 1.58 bits per heavy atom. The highest BCUT2D eigenvalue weighted by Gasteiger charge is 2.17. The lowest BCUT2D eigenvalue weighted by Gasteiger charge is -2.28. The zero-order valence-electron chi connectivity index (χ0n) is 7.21. The second-order valence-corrected chi connectivity index (χ2v) is 3.16. The van der Waals surface area contributed by atoms with Crippen LogP contribution < -0.4 is 5.32 Å². The number of piperidine rings is 1. The molecule has 0 aliphatic carbocycles. The maximum Gasteiger partial charge on any atom is 0.322 e. The molecule has 1 rings (SSSR count). The summed E-state index contributed by atoms with van der Waals surface area (Å²) in [5, 5.41) is 10.9. The van der Waals surface area contributed by atoms with E-state index in [0.29, 0.717) is 0 Å². The van der Waals surface area contributed by atoms with Gasteiger partial charge in [-0.05, 0) is 33.0 Å². The fourth-order valence-electron chi connectivity index (χ4n) is 1.37. The Hall–Kier alpha value is -1.08. The Kier molecular flexibility index (Phi) is 3.06. The van der Waals surface area contributed by atoms with E-state index in [1.54, 1.807) is 6.07 Å². The molecule has 12 heavy (non-hydrogen) atoms. The number of hydrogen-bond donors (Lipinski definition) is 1. The molecule has 1 amide bonds. The normalized spacial score (nSPS) is 20.0. The quantitative estimate of drug-likeness (QED) is 0.546. The van der Waals surface area contributed by atoms with Gasteiger partial charge in [0.15, 0.2) is 6.07 Å². The first-order chi connectivity index (χ1) is 5.72. The van der Waals surface area contributed by atoms with Crippen molar-refractivity contribution in [2.45, 2.75) is 18.9 Å². The molecule has 0 spiro atoms. The molecular weight excluding hydrogens is 154 g/mol. The molecule has 0 aromatic carbocycles. The average molecular weight is 167 g/mol. The summed E-state index contributed by atoms with van der Waals surface area (Å²) in [5.41, 5.74) is 0. The van der Waals surface area contributed by atoms with Gasteiger partial charge in [0.1, 0.15) is 0 Å². The predicted octanol–water partition coefficient (Wildman–Crippen LogP) is -0.280. The number of nitriles is 1. The van der Waals surface area contributed by atoms with E-state index in [1.165, 1.54) is 0 Å². The minimum absolute atomic E-state index is 0.202. The van der Waals surface area contributed by atoms with Crippen molar-refractivity contribution in [2.75, 3.05) is 20.1 Å². The van der Waals surface area contributed by atoms with Crippen molar-refractivity contribution in [3.8, 4) is 6.07 Å². The van der Waals surface area contributed by atoms with Crippen LogP contribution in [-0.4, -0.2) is 37.0 Å². The van der Waals surface area contributed by atoms with E-state index >= 15 is 0 Å². The summed E-state index contributed by atoms with van der Waals surface area (Å²) in [5.74, 6) is -0.510. The van der Waals surface area contributed by atoms with Gasteiger partial charge in [0.25, 0.3) is 0 Å². The first-order valence-electron chi connectivity index (χ1n) is 4.11. The molecular formula is C8H13N3O. The van der Waals surface area contributed by atoms with Crippen LogP contribution in [0.4, 0.5) is 0 Å². The Bertz CT molecular complexity index is 201. The van der Waals surface area contributed by atoms with Crippen LogP contribution in [0.2, 0.25) is 0 Å². The van der Waals surface area contributed by atoms with E-state index in [-0.39, 0.29) is 6.04 Å². The van der Waals surface area contributed by atoms with Gasteiger partial charge in [-0.1, -0.05) is 0 Å². The topological polar surface area (TPSA) is 56.1 Å². The molecule has 0 saturated carbocycles. The molecule has 0 atom stereocenters. The zero-order chi connectivity index (χ0) is 8.97. The molecule has 0 aromatic heterocycles. The van der Waals surface area contributed by atoms with E-state index in [9.17, 15) is 4.79 Å². The molecule has 1 aliphatic heterocycles. The lowest BCUT2D eigenvalue weighted by molar-refractivity contribution is -0.116. The van der Waals surface area contributed by atoms with Gasteiger partial charge in [-0.2, -0.15) is 5.26 Å². The number of rotatable bonds is 1. The van der Waals surface area contributed by atoms with E-state index in [0.717, 1.165) is 25.9 Å². The molecule has 1 fully saturated rings. The maximum absolute atomic E-state index is 10.7. The van der Waals surface area contributed by atoms with Gasteiger partial charge < -0.3 is 10.2 Å². The molecule has 4 nitrogen and oxygen atoms in total. The Balaban J connectivity index is 2.27. The largest absolute Gasteiger partial charge is 0.341 e. The van der Waals surface area contributed by atoms with Gasteiger partial charge in [-0.15, -0.1) is 0 Å². The summed E-state index contributed by atoms with van der Waals surface area (Å²) in [7, 11) is 2.06. The Labute approximate surface area is 72.2 Å². The maximum atomic E-state index is 10.7. The number of amides is 1. The number of carbonyl (C=O) groups is 1. The standard InChI is InChI=1S/C8H13N3O/c1-11-4-2-7(3-5-11)10-8(12)6-9/h7H,2-5H2,1H3,(H,10,12). The third-order valence-corrected chi connectivity index (χ3v) is 2.16. The summed E-state index contributed by atoms with van der Waals surface area (Å²) >= 11 is 0. The predicted molar refractivity (Wildman–Crippen MR) is 44.3 cm³/mol. The third-order valence-electron chi connectivity index (χ3n) is 2.16. The average Bonchev–Trinajstić information content (AvgIpc) is 2.09. The van der Waals surface area contributed by atoms with Crippen LogP contribution in [0.15, 0.2) is 0 Å². The third kappa shape index (κ3) is 2.51. The smallest absolute Gasteiger partial charge is 0.322 e. The molecule has 0 radical (unpaired) electrons. The van der Waals surface area contributed by atoms with Gasteiger partial charge in [0, 0.05) is 6.04 Å². The van der Waals surface area contributed by atoms with Crippen molar-refractivity contribution in [3.05, 3.63) is 0 Å². The van der Waals surface area contributed by atoms with E-state index in [2.05, 4.69) is 17.3 Å². The first kappa shape index (κ1) is 9.01. The molecule has 1 saturated heterocycles. The molecule has 0 aromatic rings. The van der Waals surface area contributed by atoms with E-state index in [4.69, 9.17) is 5.26 Å². The van der Waals surface area contributed by atoms with Crippen LogP contribution in [0.5, 0.6) is 0 Å². The van der Waals surface area contributed by atoms with Crippen LogP contribution in [0.3, 0.4) is 0 Å². The monoisotopic (exact) mass is 167 g/mol. The second-order valence-electron chi connectivity index (χ2n) is 3.16. The second kappa shape index (κ2) is 4.07. The fourth-order valence-corrected chi connectivity index (χ4v) is 1.37. The summed E-state index contributed by atoms with van der Waals surface area (Å²) < 4.78 is 0. The van der Waals surface area contributed by atoms with Crippen LogP contribution in [0.25, 0.3) is 0 Å². The lowest BCUT2D eigenvalue weighted by Crippen LogP contribution is -2.42. The number of hydrogen-bond acceptors (Lipinski definition) is 3. The van der Waals surface area contributed by atoms with E-state index < -0.39 is 5.91 Å². The summed E-state index contributed by atoms with van der Waals surface area (Å²) in [6.07, 6.45) is 1.90. The van der Waals surface area contributed by atoms with Gasteiger partial charge in [0.2, 0.25) is 0 Å². The summed E-state index contributed by atoms with van der Waals surface area (Å²) in [6.45, 7) is 1.99. The minimum Gasteiger partial charge on any atom is -0.341 e. The van der Waals surface area contributed by atoms with Crippen molar-refractivity contribution in [1.29, 1.82) is 5.26 Å². The first-order valence-corrected chi connectivity index (χ1v) is 4.11. The number of nitrogens with one attached hydrogen (secondary N) is 1. The van der Waals surface area contributed by atoms with Crippen molar-refractivity contribution < 1.29 is 4.79 Å². The van der Waals surface area contributed by atoms with Crippen molar-refractivity contribution in [2.24, 2.45) is 0 Å². The Morgan fingerprint density at radius 3 is 2.67 bits per heavy atom. The highest BCUT2D eigenvalue weighted by Crippen LogP contribution is 2.07. The molecule has 4 heteroatoms. The highest BCUT2D eigenvalue weighted by molar-refractivity contribution is 5.91. The van der Waals surface area contributed by atoms with Gasteiger partial charge >= 0.3 is 5.91 Å². The molecule has 0 unspecified atom stereocenters. The molecule has 1 heterocycles. The van der Waals surface area contributed by atoms with Crippen LogP contribution in [0.1, 0.15) is 12.8 Å². The van der Waals surface area contributed by atoms with Crippen LogP contribution in [0, 0.1) is 11.3 Å². The van der Waals surface area contributed by atoms with Gasteiger partial charge in [-0.25, -0.2) is 0 Å².